The number of ketones is 1. The van der Waals surface area contributed by atoms with Gasteiger partial charge in [0.1, 0.15) is 30.2 Å². The summed E-state index contributed by atoms with van der Waals surface area (Å²) in [6.07, 6.45) is 5.98. The van der Waals surface area contributed by atoms with E-state index >= 15 is 0 Å². The molecular formula is C12H11N3O3. The molecule has 0 radical (unpaired) electrons. The van der Waals surface area contributed by atoms with E-state index in [9.17, 15) is 9.90 Å². The molecule has 0 bridgehead atoms. The van der Waals surface area contributed by atoms with Crippen molar-refractivity contribution in [2.24, 2.45) is 0 Å². The van der Waals surface area contributed by atoms with Crippen LogP contribution < -0.4 is 0 Å². The van der Waals surface area contributed by atoms with Crippen molar-refractivity contribution in [3.05, 3.63) is 48.6 Å². The second kappa shape index (κ2) is 4.14. The van der Waals surface area contributed by atoms with Crippen LogP contribution in [0.5, 0.6) is 0 Å². The largest absolute Gasteiger partial charge is 0.510 e. The summed E-state index contributed by atoms with van der Waals surface area (Å²) in [6.45, 7) is 0. The normalized spacial score (nSPS) is 24.0. The summed E-state index contributed by atoms with van der Waals surface area (Å²) in [5.41, 5.74) is 0. The van der Waals surface area contributed by atoms with E-state index in [4.69, 9.17) is 4.42 Å². The van der Waals surface area contributed by atoms with Crippen molar-refractivity contribution in [3.63, 3.8) is 0 Å². The van der Waals surface area contributed by atoms with Crippen LogP contribution in [-0.2, 0) is 4.79 Å². The fraction of sp³-hybridized carbons (Fsp3) is 0.250. The Morgan fingerprint density at radius 1 is 1.50 bits per heavy atom. The van der Waals surface area contributed by atoms with Crippen molar-refractivity contribution < 1.29 is 14.3 Å². The Labute approximate surface area is 103 Å². The molecule has 3 rings (SSSR count). The third-order valence-electron chi connectivity index (χ3n) is 3.04. The molecule has 2 aromatic rings. The molecule has 1 N–H and O–H groups in total. The highest BCUT2D eigenvalue weighted by Crippen LogP contribution is 2.38. The number of carbonyl (C=O) groups excluding carboxylic acids is 1. The molecule has 0 saturated carbocycles. The highest BCUT2D eigenvalue weighted by Gasteiger charge is 2.36. The quantitative estimate of drug-likeness (QED) is 0.869. The van der Waals surface area contributed by atoms with E-state index in [1.807, 2.05) is 0 Å². The van der Waals surface area contributed by atoms with Gasteiger partial charge in [-0.15, -0.1) is 0 Å². The number of rotatable bonds is 2. The summed E-state index contributed by atoms with van der Waals surface area (Å²) in [5, 5.41) is 14.0. The summed E-state index contributed by atoms with van der Waals surface area (Å²) in [4.78, 5) is 15.4. The van der Waals surface area contributed by atoms with Crippen LogP contribution in [0.25, 0.3) is 0 Å². The van der Waals surface area contributed by atoms with Crippen molar-refractivity contribution in [3.8, 4) is 0 Å². The van der Waals surface area contributed by atoms with Gasteiger partial charge >= 0.3 is 0 Å². The highest BCUT2D eigenvalue weighted by molar-refractivity contribution is 5.91. The van der Waals surface area contributed by atoms with Gasteiger partial charge in [-0.1, -0.05) is 0 Å². The lowest BCUT2D eigenvalue weighted by atomic mass is 9.85. The van der Waals surface area contributed by atoms with E-state index in [1.165, 1.54) is 23.4 Å². The van der Waals surface area contributed by atoms with Crippen LogP contribution in [0.1, 0.15) is 24.1 Å². The van der Waals surface area contributed by atoms with E-state index in [0.717, 1.165) is 0 Å². The smallest absolute Gasteiger partial charge is 0.159 e. The molecule has 0 aromatic carbocycles. The Bertz CT molecular complexity index is 572. The second-order valence-electron chi connectivity index (χ2n) is 4.18. The first-order valence-corrected chi connectivity index (χ1v) is 5.56. The van der Waals surface area contributed by atoms with Crippen molar-refractivity contribution >= 4 is 5.78 Å². The molecule has 6 heteroatoms. The monoisotopic (exact) mass is 245 g/mol. The second-order valence-corrected chi connectivity index (χ2v) is 4.18. The Morgan fingerprint density at radius 3 is 3.06 bits per heavy atom. The topological polar surface area (TPSA) is 81.1 Å². The molecule has 0 fully saturated rings. The molecule has 2 atom stereocenters. The molecule has 2 heterocycles. The SMILES string of the molecule is O=C1C=C(O)[C@H](n2cncn2)[C@H](c2ccco2)C1. The Kier molecular flexibility index (Phi) is 2.47. The van der Waals surface area contributed by atoms with E-state index in [-0.39, 0.29) is 23.9 Å². The molecule has 2 aromatic heterocycles. The lowest BCUT2D eigenvalue weighted by molar-refractivity contribution is -0.116. The average molecular weight is 245 g/mol. The molecular weight excluding hydrogens is 234 g/mol. The van der Waals surface area contributed by atoms with E-state index < -0.39 is 6.04 Å². The zero-order valence-corrected chi connectivity index (χ0v) is 9.43. The van der Waals surface area contributed by atoms with Gasteiger partial charge in [-0.3, -0.25) is 4.79 Å². The van der Waals surface area contributed by atoms with Crippen LogP contribution in [0.15, 0.2) is 47.3 Å². The summed E-state index contributed by atoms with van der Waals surface area (Å²) in [6, 6.07) is 3.10. The van der Waals surface area contributed by atoms with Gasteiger partial charge in [0.05, 0.1) is 12.2 Å². The van der Waals surface area contributed by atoms with Crippen molar-refractivity contribution in [1.29, 1.82) is 0 Å². The molecule has 0 aliphatic heterocycles. The Morgan fingerprint density at radius 2 is 2.39 bits per heavy atom. The van der Waals surface area contributed by atoms with Crippen LogP contribution in [0.4, 0.5) is 0 Å². The summed E-state index contributed by atoms with van der Waals surface area (Å²) < 4.78 is 6.88. The Hall–Kier alpha value is -2.37. The fourth-order valence-corrected chi connectivity index (χ4v) is 2.28. The molecule has 92 valence electrons. The van der Waals surface area contributed by atoms with Gasteiger partial charge in [-0.25, -0.2) is 9.67 Å². The minimum absolute atomic E-state index is 0.0156. The first-order chi connectivity index (χ1) is 8.75. The maximum absolute atomic E-state index is 11.6. The van der Waals surface area contributed by atoms with E-state index in [1.54, 1.807) is 18.4 Å². The molecule has 1 aliphatic carbocycles. The summed E-state index contributed by atoms with van der Waals surface area (Å²) >= 11 is 0. The number of aliphatic hydroxyl groups is 1. The Balaban J connectivity index is 2.05. The van der Waals surface area contributed by atoms with Crippen molar-refractivity contribution in [1.82, 2.24) is 14.8 Å². The standard InChI is InChI=1S/C12H11N3O3/c16-8-4-9(11-2-1-3-18-11)12(10(17)5-8)15-7-13-6-14-15/h1-3,5-7,9,12,17H,4H2/t9-,12+/m0/s1. The summed E-state index contributed by atoms with van der Waals surface area (Å²) in [7, 11) is 0. The zero-order valence-electron chi connectivity index (χ0n) is 9.43. The third-order valence-corrected chi connectivity index (χ3v) is 3.04. The fourth-order valence-electron chi connectivity index (χ4n) is 2.28. The minimum atomic E-state index is -0.448. The number of aromatic nitrogens is 3. The van der Waals surface area contributed by atoms with Gasteiger partial charge in [-0.2, -0.15) is 5.10 Å². The predicted octanol–water partition coefficient (Wildman–Crippen LogP) is 1.61. The average Bonchev–Trinajstić information content (AvgIpc) is 3.01. The molecule has 6 nitrogen and oxygen atoms in total. The maximum atomic E-state index is 11.6. The number of allylic oxidation sites excluding steroid dienone is 2. The molecule has 0 amide bonds. The molecule has 18 heavy (non-hydrogen) atoms. The van der Waals surface area contributed by atoms with Crippen LogP contribution in [0.3, 0.4) is 0 Å². The predicted molar refractivity (Wildman–Crippen MR) is 60.8 cm³/mol. The van der Waals surface area contributed by atoms with Gasteiger partial charge in [0.25, 0.3) is 0 Å². The number of aliphatic hydroxyl groups excluding tert-OH is 1. The molecule has 0 spiro atoms. The van der Waals surface area contributed by atoms with Gasteiger partial charge in [-0.05, 0) is 12.1 Å². The number of hydrogen-bond donors (Lipinski definition) is 1. The van der Waals surface area contributed by atoms with Crippen LogP contribution in [-0.4, -0.2) is 25.7 Å². The zero-order chi connectivity index (χ0) is 12.5. The summed E-state index contributed by atoms with van der Waals surface area (Å²) in [5.74, 6) is 0.256. The minimum Gasteiger partial charge on any atom is -0.510 e. The number of furan rings is 1. The number of nitrogens with zero attached hydrogens (tertiary/aromatic N) is 3. The molecule has 1 aliphatic rings. The van der Waals surface area contributed by atoms with Gasteiger partial charge < -0.3 is 9.52 Å². The third kappa shape index (κ3) is 1.71. The molecule has 0 saturated heterocycles. The number of hydrogen-bond acceptors (Lipinski definition) is 5. The van der Waals surface area contributed by atoms with Gasteiger partial charge in [0.2, 0.25) is 0 Å². The van der Waals surface area contributed by atoms with Gasteiger partial charge in [0.15, 0.2) is 5.78 Å². The van der Waals surface area contributed by atoms with Crippen molar-refractivity contribution in [2.45, 2.75) is 18.4 Å². The van der Waals surface area contributed by atoms with Crippen molar-refractivity contribution in [2.75, 3.05) is 0 Å². The van der Waals surface area contributed by atoms with Crippen LogP contribution in [0, 0.1) is 0 Å². The number of carbonyl (C=O) groups is 1. The van der Waals surface area contributed by atoms with E-state index in [0.29, 0.717) is 5.76 Å². The first kappa shape index (κ1) is 10.8. The van der Waals surface area contributed by atoms with Gasteiger partial charge in [0, 0.05) is 12.5 Å². The van der Waals surface area contributed by atoms with E-state index in [2.05, 4.69) is 10.1 Å². The molecule has 0 unspecified atom stereocenters. The van der Waals surface area contributed by atoms with Crippen LogP contribution in [0.2, 0.25) is 0 Å². The lowest BCUT2D eigenvalue weighted by Crippen LogP contribution is -2.26. The maximum Gasteiger partial charge on any atom is 0.159 e. The lowest BCUT2D eigenvalue weighted by Gasteiger charge is -2.27. The highest BCUT2D eigenvalue weighted by atomic mass is 16.3. The first-order valence-electron chi connectivity index (χ1n) is 5.56. The van der Waals surface area contributed by atoms with Crippen LogP contribution >= 0.6 is 0 Å².